The Hall–Kier alpha value is -2.12. The van der Waals surface area contributed by atoms with Crippen LogP contribution in [0.3, 0.4) is 0 Å². The lowest BCUT2D eigenvalue weighted by Gasteiger charge is -2.06. The minimum Gasteiger partial charge on any atom is -0.350 e. The molecule has 1 atom stereocenters. The van der Waals surface area contributed by atoms with Crippen LogP contribution in [0.2, 0.25) is 0 Å². The summed E-state index contributed by atoms with van der Waals surface area (Å²) in [5.74, 6) is -0.330. The zero-order valence-electron chi connectivity index (χ0n) is 10.1. The van der Waals surface area contributed by atoms with E-state index in [1.807, 2.05) is 30.0 Å². The molecule has 1 aromatic carbocycles. The molecule has 2 rings (SSSR count). The monoisotopic (exact) mass is 243 g/mol. The van der Waals surface area contributed by atoms with Gasteiger partial charge in [-0.2, -0.15) is 5.26 Å². The molecule has 0 aliphatic carbocycles. The molecule has 0 bridgehead atoms. The molecule has 92 valence electrons. The quantitative estimate of drug-likeness (QED) is 0.900. The molecule has 2 aromatic rings. The molecular formula is C14H14FN3. The van der Waals surface area contributed by atoms with Crippen LogP contribution in [0, 0.1) is 17.1 Å². The SMILES string of the molecule is CC(N)c1ccn(Cc2cc(F)ccc2C#N)c1. The maximum absolute atomic E-state index is 13.2. The van der Waals surface area contributed by atoms with E-state index in [1.54, 1.807) is 0 Å². The van der Waals surface area contributed by atoms with Crippen LogP contribution in [0.15, 0.2) is 36.7 Å². The summed E-state index contributed by atoms with van der Waals surface area (Å²) in [5.41, 5.74) is 7.96. The second-order valence-corrected chi connectivity index (χ2v) is 4.32. The average Bonchev–Trinajstić information content (AvgIpc) is 2.78. The van der Waals surface area contributed by atoms with Gasteiger partial charge in [-0.05, 0) is 42.3 Å². The predicted octanol–water partition coefficient (Wildman–Crippen LogP) is 2.57. The van der Waals surface area contributed by atoms with Gasteiger partial charge in [-0.25, -0.2) is 4.39 Å². The van der Waals surface area contributed by atoms with Crippen LogP contribution in [0.25, 0.3) is 0 Å². The summed E-state index contributed by atoms with van der Waals surface area (Å²) in [5, 5.41) is 8.98. The van der Waals surface area contributed by atoms with Gasteiger partial charge in [-0.3, -0.25) is 0 Å². The highest BCUT2D eigenvalue weighted by Gasteiger charge is 2.06. The number of hydrogen-bond donors (Lipinski definition) is 1. The molecular weight excluding hydrogens is 229 g/mol. The average molecular weight is 243 g/mol. The standard InChI is InChI=1S/C14H14FN3/c1-10(17)12-4-5-18(8-12)9-13-6-14(15)3-2-11(13)7-16/h2-6,8,10H,9,17H2,1H3. The van der Waals surface area contributed by atoms with Gasteiger partial charge >= 0.3 is 0 Å². The summed E-state index contributed by atoms with van der Waals surface area (Å²) in [6.07, 6.45) is 3.79. The van der Waals surface area contributed by atoms with Gasteiger partial charge < -0.3 is 10.3 Å². The van der Waals surface area contributed by atoms with E-state index < -0.39 is 0 Å². The van der Waals surface area contributed by atoms with Crippen molar-refractivity contribution in [2.45, 2.75) is 19.5 Å². The molecule has 4 heteroatoms. The van der Waals surface area contributed by atoms with E-state index in [-0.39, 0.29) is 11.9 Å². The number of hydrogen-bond acceptors (Lipinski definition) is 2. The first-order valence-electron chi connectivity index (χ1n) is 5.70. The van der Waals surface area contributed by atoms with Crippen LogP contribution in [-0.4, -0.2) is 4.57 Å². The second-order valence-electron chi connectivity index (χ2n) is 4.32. The molecule has 0 radical (unpaired) electrons. The third-order valence-corrected chi connectivity index (χ3v) is 2.84. The molecule has 2 N–H and O–H groups in total. The van der Waals surface area contributed by atoms with Gasteiger partial charge in [0.25, 0.3) is 0 Å². The van der Waals surface area contributed by atoms with Crippen molar-refractivity contribution in [3.8, 4) is 6.07 Å². The second kappa shape index (κ2) is 5.03. The molecule has 0 saturated heterocycles. The van der Waals surface area contributed by atoms with E-state index >= 15 is 0 Å². The zero-order valence-corrected chi connectivity index (χ0v) is 10.1. The molecule has 0 aliphatic rings. The van der Waals surface area contributed by atoms with Gasteiger partial charge in [0.15, 0.2) is 0 Å². The Morgan fingerprint density at radius 1 is 1.44 bits per heavy atom. The van der Waals surface area contributed by atoms with E-state index in [0.29, 0.717) is 17.7 Å². The van der Waals surface area contributed by atoms with Crippen molar-refractivity contribution in [3.05, 3.63) is 59.2 Å². The molecule has 18 heavy (non-hydrogen) atoms. The first-order chi connectivity index (χ1) is 8.60. The smallest absolute Gasteiger partial charge is 0.123 e. The minimum atomic E-state index is -0.330. The first-order valence-corrected chi connectivity index (χ1v) is 5.70. The maximum Gasteiger partial charge on any atom is 0.123 e. The van der Waals surface area contributed by atoms with Crippen molar-refractivity contribution in [1.29, 1.82) is 5.26 Å². The largest absolute Gasteiger partial charge is 0.350 e. The first kappa shape index (κ1) is 12.3. The Bertz CT molecular complexity index is 593. The van der Waals surface area contributed by atoms with Crippen molar-refractivity contribution >= 4 is 0 Å². The van der Waals surface area contributed by atoms with E-state index in [4.69, 9.17) is 11.0 Å². The summed E-state index contributed by atoms with van der Waals surface area (Å²) in [4.78, 5) is 0. The van der Waals surface area contributed by atoms with Gasteiger partial charge in [0.1, 0.15) is 5.82 Å². The zero-order chi connectivity index (χ0) is 13.1. The predicted molar refractivity (Wildman–Crippen MR) is 67.3 cm³/mol. The molecule has 0 amide bonds. The lowest BCUT2D eigenvalue weighted by atomic mass is 10.1. The van der Waals surface area contributed by atoms with Crippen LogP contribution in [0.1, 0.15) is 29.7 Å². The summed E-state index contributed by atoms with van der Waals surface area (Å²) in [7, 11) is 0. The topological polar surface area (TPSA) is 54.7 Å². The number of benzene rings is 1. The van der Waals surface area contributed by atoms with Crippen LogP contribution < -0.4 is 5.73 Å². The van der Waals surface area contributed by atoms with E-state index in [1.165, 1.54) is 18.2 Å². The summed E-state index contributed by atoms with van der Waals surface area (Å²) < 4.78 is 15.1. The Balaban J connectivity index is 2.28. The van der Waals surface area contributed by atoms with Gasteiger partial charge in [0, 0.05) is 25.0 Å². The third kappa shape index (κ3) is 2.58. The number of nitriles is 1. The molecule has 1 heterocycles. The Labute approximate surface area is 105 Å². The molecule has 0 aliphatic heterocycles. The van der Waals surface area contributed by atoms with Crippen LogP contribution in [-0.2, 0) is 6.54 Å². The highest BCUT2D eigenvalue weighted by atomic mass is 19.1. The number of halogens is 1. The molecule has 0 spiro atoms. The van der Waals surface area contributed by atoms with Crippen molar-refractivity contribution in [3.63, 3.8) is 0 Å². The van der Waals surface area contributed by atoms with Crippen molar-refractivity contribution in [2.24, 2.45) is 5.73 Å². The minimum absolute atomic E-state index is 0.0332. The Morgan fingerprint density at radius 2 is 2.22 bits per heavy atom. The molecule has 0 fully saturated rings. The number of rotatable bonds is 3. The molecule has 3 nitrogen and oxygen atoms in total. The van der Waals surface area contributed by atoms with Crippen molar-refractivity contribution in [2.75, 3.05) is 0 Å². The molecule has 1 unspecified atom stereocenters. The van der Waals surface area contributed by atoms with E-state index in [9.17, 15) is 4.39 Å². The summed E-state index contributed by atoms with van der Waals surface area (Å²) in [6, 6.07) is 8.15. The highest BCUT2D eigenvalue weighted by Crippen LogP contribution is 2.15. The maximum atomic E-state index is 13.2. The van der Waals surface area contributed by atoms with Crippen LogP contribution >= 0.6 is 0 Å². The van der Waals surface area contributed by atoms with Gasteiger partial charge in [0.05, 0.1) is 11.6 Å². The number of nitrogens with two attached hydrogens (primary N) is 1. The van der Waals surface area contributed by atoms with Crippen LogP contribution in [0.4, 0.5) is 4.39 Å². The fourth-order valence-corrected chi connectivity index (χ4v) is 1.83. The van der Waals surface area contributed by atoms with Gasteiger partial charge in [0.2, 0.25) is 0 Å². The lowest BCUT2D eigenvalue weighted by Crippen LogP contribution is -2.04. The summed E-state index contributed by atoms with van der Waals surface area (Å²) >= 11 is 0. The normalized spacial score (nSPS) is 12.1. The van der Waals surface area contributed by atoms with Crippen molar-refractivity contribution in [1.82, 2.24) is 4.57 Å². The fraction of sp³-hybridized carbons (Fsp3) is 0.214. The molecule has 0 saturated carbocycles. The van der Waals surface area contributed by atoms with Gasteiger partial charge in [-0.1, -0.05) is 0 Å². The molecule has 1 aromatic heterocycles. The fourth-order valence-electron chi connectivity index (χ4n) is 1.83. The lowest BCUT2D eigenvalue weighted by molar-refractivity contribution is 0.623. The van der Waals surface area contributed by atoms with Crippen LogP contribution in [0.5, 0.6) is 0 Å². The Kier molecular flexibility index (Phi) is 3.45. The van der Waals surface area contributed by atoms with E-state index in [0.717, 1.165) is 5.56 Å². The van der Waals surface area contributed by atoms with E-state index in [2.05, 4.69) is 6.07 Å². The number of aromatic nitrogens is 1. The highest BCUT2D eigenvalue weighted by molar-refractivity contribution is 5.38. The van der Waals surface area contributed by atoms with Crippen molar-refractivity contribution < 1.29 is 4.39 Å². The third-order valence-electron chi connectivity index (χ3n) is 2.84. The number of nitrogens with zero attached hydrogens (tertiary/aromatic N) is 2. The summed E-state index contributed by atoms with van der Waals surface area (Å²) in [6.45, 7) is 2.37. The van der Waals surface area contributed by atoms with Gasteiger partial charge in [-0.15, -0.1) is 0 Å². The Morgan fingerprint density at radius 3 is 2.83 bits per heavy atom.